The zero-order valence-corrected chi connectivity index (χ0v) is 8.09. The number of benzene rings is 1. The maximum atomic E-state index is 3.33. The van der Waals surface area contributed by atoms with Gasteiger partial charge in [0.1, 0.15) is 0 Å². The van der Waals surface area contributed by atoms with E-state index in [1.54, 1.807) is 0 Å². The first-order valence-corrected chi connectivity index (χ1v) is 5.09. The van der Waals surface area contributed by atoms with E-state index in [-0.39, 0.29) is 0 Å². The van der Waals surface area contributed by atoms with Gasteiger partial charge in [-0.3, -0.25) is 0 Å². The third kappa shape index (κ3) is 1.69. The molecule has 1 aromatic carbocycles. The minimum atomic E-state index is 0.738. The molecule has 0 saturated heterocycles. The summed E-state index contributed by atoms with van der Waals surface area (Å²) in [6, 6.07) is 8.63. The topological polar surface area (TPSA) is 12.0 Å². The van der Waals surface area contributed by atoms with Crippen molar-refractivity contribution in [3.63, 3.8) is 0 Å². The molecule has 1 aliphatic rings. The fourth-order valence-electron chi connectivity index (χ4n) is 2.04. The van der Waals surface area contributed by atoms with Gasteiger partial charge in [-0.25, -0.2) is 0 Å². The summed E-state index contributed by atoms with van der Waals surface area (Å²) < 4.78 is 0. The number of nitrogens with one attached hydrogen (secondary N) is 1. The summed E-state index contributed by atoms with van der Waals surface area (Å²) in [4.78, 5) is 0. The first-order valence-electron chi connectivity index (χ1n) is 5.09. The first kappa shape index (κ1) is 8.61. The van der Waals surface area contributed by atoms with Gasteiger partial charge in [-0.2, -0.15) is 0 Å². The van der Waals surface area contributed by atoms with Crippen molar-refractivity contribution in [3.05, 3.63) is 36.4 Å². The minimum absolute atomic E-state index is 0.738. The van der Waals surface area contributed by atoms with Crippen LogP contribution in [0.5, 0.6) is 0 Å². The standard InChI is InChI=1S/C12H16N/c1-2-5-10-8-9-13-12-7-4-3-6-11(10)12/h3-4,6-7,9-10,13H,2,5,8H2,1H3. The normalized spacial score (nSPS) is 20.5. The second-order valence-corrected chi connectivity index (χ2v) is 3.66. The Balaban J connectivity index is 2.26. The summed E-state index contributed by atoms with van der Waals surface area (Å²) in [7, 11) is 0. The molecule has 2 rings (SSSR count). The third-order valence-corrected chi connectivity index (χ3v) is 2.70. The predicted octanol–water partition coefficient (Wildman–Crippen LogP) is 3.55. The smallest absolute Gasteiger partial charge is 0.0468 e. The van der Waals surface area contributed by atoms with Crippen molar-refractivity contribution in [2.45, 2.75) is 32.1 Å². The van der Waals surface area contributed by atoms with E-state index in [4.69, 9.17) is 0 Å². The molecule has 0 aromatic heterocycles. The molecule has 0 fully saturated rings. The molecule has 1 aromatic rings. The van der Waals surface area contributed by atoms with Gasteiger partial charge in [-0.05, 0) is 30.4 Å². The van der Waals surface area contributed by atoms with Crippen LogP contribution in [-0.2, 0) is 0 Å². The molecule has 1 nitrogen and oxygen atoms in total. The molecule has 0 amide bonds. The molecule has 1 unspecified atom stereocenters. The average Bonchev–Trinajstić information content (AvgIpc) is 2.19. The first-order chi connectivity index (χ1) is 6.42. The van der Waals surface area contributed by atoms with E-state index >= 15 is 0 Å². The number of anilines is 1. The van der Waals surface area contributed by atoms with E-state index < -0.39 is 0 Å². The van der Waals surface area contributed by atoms with Crippen molar-refractivity contribution in [2.75, 3.05) is 5.32 Å². The van der Waals surface area contributed by atoms with Crippen LogP contribution in [0.3, 0.4) is 0 Å². The van der Waals surface area contributed by atoms with Crippen molar-refractivity contribution in [3.8, 4) is 0 Å². The zero-order chi connectivity index (χ0) is 9.10. The third-order valence-electron chi connectivity index (χ3n) is 2.70. The molecule has 1 radical (unpaired) electrons. The Labute approximate surface area is 80.2 Å². The second-order valence-electron chi connectivity index (χ2n) is 3.66. The molecule has 1 aliphatic heterocycles. The number of rotatable bonds is 2. The Bertz CT molecular complexity index is 280. The molecule has 0 spiro atoms. The molecule has 1 N–H and O–H groups in total. The van der Waals surface area contributed by atoms with Gasteiger partial charge >= 0.3 is 0 Å². The lowest BCUT2D eigenvalue weighted by molar-refractivity contribution is 0.596. The van der Waals surface area contributed by atoms with E-state index in [0.717, 1.165) is 5.92 Å². The molecule has 0 bridgehead atoms. The maximum absolute atomic E-state index is 3.33. The molecule has 0 aliphatic carbocycles. The van der Waals surface area contributed by atoms with Gasteiger partial charge in [-0.15, -0.1) is 0 Å². The van der Waals surface area contributed by atoms with Crippen LogP contribution in [0.2, 0.25) is 0 Å². The summed E-state index contributed by atoms with van der Waals surface area (Å²) in [5.74, 6) is 0.738. The van der Waals surface area contributed by atoms with E-state index in [9.17, 15) is 0 Å². The summed E-state index contributed by atoms with van der Waals surface area (Å²) in [6.45, 7) is 4.44. The Hall–Kier alpha value is -0.980. The van der Waals surface area contributed by atoms with Crippen LogP contribution in [0.15, 0.2) is 24.3 Å². The quantitative estimate of drug-likeness (QED) is 0.723. The summed E-state index contributed by atoms with van der Waals surface area (Å²) in [5.41, 5.74) is 2.79. The van der Waals surface area contributed by atoms with Gasteiger partial charge in [0.2, 0.25) is 0 Å². The number of hydrogen-bond acceptors (Lipinski definition) is 1. The Morgan fingerprint density at radius 2 is 2.23 bits per heavy atom. The molecule has 0 saturated carbocycles. The SMILES string of the molecule is CCCC1C[CH]Nc2ccccc21. The highest BCUT2D eigenvalue weighted by Gasteiger charge is 2.18. The van der Waals surface area contributed by atoms with Crippen LogP contribution in [-0.4, -0.2) is 0 Å². The largest absolute Gasteiger partial charge is 0.380 e. The van der Waals surface area contributed by atoms with Gasteiger partial charge in [-0.1, -0.05) is 31.5 Å². The molecule has 1 atom stereocenters. The van der Waals surface area contributed by atoms with Gasteiger partial charge in [0.15, 0.2) is 0 Å². The lowest BCUT2D eigenvalue weighted by atomic mass is 9.88. The van der Waals surface area contributed by atoms with Crippen molar-refractivity contribution in [1.82, 2.24) is 0 Å². The number of hydrogen-bond donors (Lipinski definition) is 1. The lowest BCUT2D eigenvalue weighted by Gasteiger charge is -2.25. The highest BCUT2D eigenvalue weighted by atomic mass is 14.9. The van der Waals surface area contributed by atoms with Gasteiger partial charge in [0, 0.05) is 12.2 Å². The second kappa shape index (κ2) is 3.82. The lowest BCUT2D eigenvalue weighted by Crippen LogP contribution is -2.12. The highest BCUT2D eigenvalue weighted by Crippen LogP contribution is 2.35. The Kier molecular flexibility index (Phi) is 2.53. The van der Waals surface area contributed by atoms with Crippen molar-refractivity contribution >= 4 is 5.69 Å². The number of para-hydroxylation sites is 1. The molecule has 13 heavy (non-hydrogen) atoms. The molecular formula is C12H16N. The van der Waals surface area contributed by atoms with Crippen molar-refractivity contribution in [1.29, 1.82) is 0 Å². The van der Waals surface area contributed by atoms with E-state index in [0.29, 0.717) is 0 Å². The molecule has 1 heterocycles. The maximum Gasteiger partial charge on any atom is 0.0468 e. The van der Waals surface area contributed by atoms with Crippen LogP contribution in [0.25, 0.3) is 0 Å². The average molecular weight is 174 g/mol. The van der Waals surface area contributed by atoms with Gasteiger partial charge in [0.25, 0.3) is 0 Å². The Morgan fingerprint density at radius 1 is 1.38 bits per heavy atom. The summed E-state index contributed by atoms with van der Waals surface area (Å²) in [6.07, 6.45) is 3.74. The van der Waals surface area contributed by atoms with Crippen molar-refractivity contribution in [2.24, 2.45) is 0 Å². The van der Waals surface area contributed by atoms with E-state index in [1.165, 1.54) is 30.5 Å². The zero-order valence-electron chi connectivity index (χ0n) is 8.09. The van der Waals surface area contributed by atoms with Gasteiger partial charge < -0.3 is 5.32 Å². The fourth-order valence-corrected chi connectivity index (χ4v) is 2.04. The van der Waals surface area contributed by atoms with E-state index in [2.05, 4.69) is 43.1 Å². The highest BCUT2D eigenvalue weighted by molar-refractivity contribution is 5.56. The van der Waals surface area contributed by atoms with E-state index in [1.807, 2.05) is 0 Å². The Morgan fingerprint density at radius 3 is 3.08 bits per heavy atom. The molecule has 1 heteroatoms. The summed E-state index contributed by atoms with van der Waals surface area (Å²) in [5, 5.41) is 3.33. The van der Waals surface area contributed by atoms with Gasteiger partial charge in [0.05, 0.1) is 0 Å². The number of fused-ring (bicyclic) bond motifs is 1. The van der Waals surface area contributed by atoms with Crippen LogP contribution in [0, 0.1) is 6.54 Å². The minimum Gasteiger partial charge on any atom is -0.380 e. The fraction of sp³-hybridized carbons (Fsp3) is 0.417. The van der Waals surface area contributed by atoms with Crippen molar-refractivity contribution < 1.29 is 0 Å². The van der Waals surface area contributed by atoms with Crippen LogP contribution in [0.4, 0.5) is 5.69 Å². The predicted molar refractivity (Wildman–Crippen MR) is 56.6 cm³/mol. The molecule has 69 valence electrons. The monoisotopic (exact) mass is 174 g/mol. The van der Waals surface area contributed by atoms with Crippen LogP contribution >= 0.6 is 0 Å². The molecular weight excluding hydrogens is 158 g/mol. The van der Waals surface area contributed by atoms with Crippen LogP contribution in [0.1, 0.15) is 37.7 Å². The summed E-state index contributed by atoms with van der Waals surface area (Å²) >= 11 is 0. The van der Waals surface area contributed by atoms with Crippen LogP contribution < -0.4 is 5.32 Å².